The van der Waals surface area contributed by atoms with E-state index in [9.17, 15) is 9.90 Å². The topological polar surface area (TPSA) is 46.5 Å². The Hall–Kier alpha value is -1.85. The number of cyclic esters (lactones) is 1. The van der Waals surface area contributed by atoms with Gasteiger partial charge in [-0.05, 0) is 35.9 Å². The van der Waals surface area contributed by atoms with Crippen molar-refractivity contribution < 1.29 is 14.6 Å². The first-order valence-electron chi connectivity index (χ1n) is 8.11. The minimum absolute atomic E-state index is 0.133. The Labute approximate surface area is 156 Å². The van der Waals surface area contributed by atoms with Crippen LogP contribution < -0.4 is 0 Å². The summed E-state index contributed by atoms with van der Waals surface area (Å²) in [5.41, 5.74) is 2.12. The van der Waals surface area contributed by atoms with Gasteiger partial charge in [0.15, 0.2) is 0 Å². The van der Waals surface area contributed by atoms with Gasteiger partial charge in [-0.3, -0.25) is 0 Å². The van der Waals surface area contributed by atoms with Crippen molar-refractivity contribution in [2.45, 2.75) is 23.8 Å². The van der Waals surface area contributed by atoms with E-state index in [1.165, 1.54) is 17.3 Å². The van der Waals surface area contributed by atoms with Gasteiger partial charge in [-0.1, -0.05) is 42.5 Å². The smallest absolute Gasteiger partial charge is 0.348 e. The normalized spacial score (nSPS) is 17.5. The van der Waals surface area contributed by atoms with Crippen molar-refractivity contribution >= 4 is 29.5 Å². The minimum Gasteiger partial charge on any atom is -0.511 e. The number of benzene rings is 2. The van der Waals surface area contributed by atoms with Crippen molar-refractivity contribution in [3.05, 3.63) is 76.4 Å². The van der Waals surface area contributed by atoms with Crippen molar-refractivity contribution in [2.75, 3.05) is 12.0 Å². The molecule has 0 spiro atoms. The van der Waals surface area contributed by atoms with Gasteiger partial charge in [0, 0.05) is 17.1 Å². The van der Waals surface area contributed by atoms with Crippen LogP contribution in [0, 0.1) is 0 Å². The predicted octanol–water partition coefficient (Wildman–Crippen LogP) is 5.14. The standard InChI is InChI=1S/C20H20O3S2/c1-24-16-9-7-15(8-10-16)18-13-17(21)19(20(22)23-18)25-12-11-14-5-3-2-4-6-14/h2-10,18,21H,11-13H2,1H3. The first kappa shape index (κ1) is 18.0. The number of carbonyl (C=O) groups excluding carboxylic acids is 1. The zero-order chi connectivity index (χ0) is 17.6. The van der Waals surface area contributed by atoms with E-state index in [0.29, 0.717) is 11.3 Å². The van der Waals surface area contributed by atoms with Crippen LogP contribution in [0.15, 0.2) is 70.2 Å². The van der Waals surface area contributed by atoms with Crippen LogP contribution in [0.4, 0.5) is 0 Å². The molecule has 1 atom stereocenters. The van der Waals surface area contributed by atoms with Crippen LogP contribution in [-0.4, -0.2) is 23.1 Å². The highest BCUT2D eigenvalue weighted by Crippen LogP contribution is 2.36. The van der Waals surface area contributed by atoms with Gasteiger partial charge in [0.1, 0.15) is 16.8 Å². The molecule has 0 saturated heterocycles. The molecule has 0 aliphatic carbocycles. The number of hydrogen-bond acceptors (Lipinski definition) is 5. The number of aryl methyl sites for hydroxylation is 1. The number of esters is 1. The molecule has 5 heteroatoms. The zero-order valence-electron chi connectivity index (χ0n) is 14.0. The Morgan fingerprint density at radius 3 is 2.48 bits per heavy atom. The van der Waals surface area contributed by atoms with E-state index < -0.39 is 12.1 Å². The summed E-state index contributed by atoms with van der Waals surface area (Å²) in [6.07, 6.45) is 2.78. The fourth-order valence-electron chi connectivity index (χ4n) is 2.67. The van der Waals surface area contributed by atoms with Gasteiger partial charge in [0.2, 0.25) is 0 Å². The van der Waals surface area contributed by atoms with Crippen molar-refractivity contribution in [3.8, 4) is 0 Å². The van der Waals surface area contributed by atoms with Crippen LogP contribution in [0.2, 0.25) is 0 Å². The van der Waals surface area contributed by atoms with Crippen molar-refractivity contribution in [3.63, 3.8) is 0 Å². The molecule has 2 aromatic rings. The van der Waals surface area contributed by atoms with E-state index in [4.69, 9.17) is 4.74 Å². The summed E-state index contributed by atoms with van der Waals surface area (Å²) in [7, 11) is 0. The molecular weight excluding hydrogens is 352 g/mol. The number of hydrogen-bond donors (Lipinski definition) is 1. The Kier molecular flexibility index (Phi) is 6.10. The van der Waals surface area contributed by atoms with E-state index in [1.807, 2.05) is 48.7 Å². The molecule has 0 fully saturated rings. The van der Waals surface area contributed by atoms with Gasteiger partial charge in [-0.15, -0.1) is 23.5 Å². The number of rotatable bonds is 6. The van der Waals surface area contributed by atoms with E-state index in [1.54, 1.807) is 11.8 Å². The molecule has 1 aliphatic rings. The largest absolute Gasteiger partial charge is 0.511 e. The molecule has 0 radical (unpaired) electrons. The van der Waals surface area contributed by atoms with E-state index in [2.05, 4.69) is 12.1 Å². The Balaban J connectivity index is 1.62. The van der Waals surface area contributed by atoms with Gasteiger partial charge < -0.3 is 9.84 Å². The molecule has 130 valence electrons. The molecule has 3 rings (SSSR count). The third-order valence-electron chi connectivity index (χ3n) is 4.04. The minimum atomic E-state index is -0.430. The average molecular weight is 373 g/mol. The first-order chi connectivity index (χ1) is 12.2. The second kappa shape index (κ2) is 8.50. The Morgan fingerprint density at radius 2 is 1.84 bits per heavy atom. The third-order valence-corrected chi connectivity index (χ3v) is 5.89. The van der Waals surface area contributed by atoms with Crippen LogP contribution in [-0.2, 0) is 16.0 Å². The van der Waals surface area contributed by atoms with Gasteiger partial charge in [-0.25, -0.2) is 4.79 Å². The number of aliphatic hydroxyl groups excluding tert-OH is 1. The molecule has 1 N–H and O–H groups in total. The average Bonchev–Trinajstić information content (AvgIpc) is 2.65. The van der Waals surface area contributed by atoms with Crippen LogP contribution in [0.1, 0.15) is 23.7 Å². The molecule has 0 bridgehead atoms. The summed E-state index contributed by atoms with van der Waals surface area (Å²) < 4.78 is 5.55. The second-order valence-corrected chi connectivity index (χ2v) is 7.72. The Morgan fingerprint density at radius 1 is 1.12 bits per heavy atom. The van der Waals surface area contributed by atoms with E-state index in [-0.39, 0.29) is 5.76 Å². The van der Waals surface area contributed by atoms with Crippen LogP contribution in [0.3, 0.4) is 0 Å². The fourth-order valence-corrected chi connectivity index (χ4v) is 4.04. The monoisotopic (exact) mass is 372 g/mol. The summed E-state index contributed by atoms with van der Waals surface area (Å²) >= 11 is 3.03. The highest BCUT2D eigenvalue weighted by molar-refractivity contribution is 8.04. The summed E-state index contributed by atoms with van der Waals surface area (Å²) in [6, 6.07) is 18.0. The number of ether oxygens (including phenoxy) is 1. The molecule has 1 heterocycles. The summed E-state index contributed by atoms with van der Waals surface area (Å²) in [4.78, 5) is 13.8. The van der Waals surface area contributed by atoms with Gasteiger partial charge in [0.25, 0.3) is 0 Å². The zero-order valence-corrected chi connectivity index (χ0v) is 15.6. The van der Waals surface area contributed by atoms with Crippen molar-refractivity contribution in [1.29, 1.82) is 0 Å². The molecule has 0 amide bonds. The quantitative estimate of drug-likeness (QED) is 0.562. The molecule has 1 aliphatic heterocycles. The van der Waals surface area contributed by atoms with Gasteiger partial charge >= 0.3 is 5.97 Å². The first-order valence-corrected chi connectivity index (χ1v) is 10.3. The lowest BCUT2D eigenvalue weighted by Crippen LogP contribution is -2.20. The maximum Gasteiger partial charge on any atom is 0.348 e. The second-order valence-electron chi connectivity index (χ2n) is 5.73. The lowest BCUT2D eigenvalue weighted by atomic mass is 10.0. The molecule has 25 heavy (non-hydrogen) atoms. The predicted molar refractivity (Wildman–Crippen MR) is 104 cm³/mol. The van der Waals surface area contributed by atoms with Crippen molar-refractivity contribution in [2.24, 2.45) is 0 Å². The number of aliphatic hydroxyl groups is 1. The lowest BCUT2D eigenvalue weighted by molar-refractivity contribution is -0.146. The molecule has 3 nitrogen and oxygen atoms in total. The van der Waals surface area contributed by atoms with E-state index in [0.717, 1.165) is 22.6 Å². The van der Waals surface area contributed by atoms with Crippen LogP contribution in [0.5, 0.6) is 0 Å². The third kappa shape index (κ3) is 4.61. The molecule has 0 aromatic heterocycles. The summed E-state index contributed by atoms with van der Waals surface area (Å²) in [6.45, 7) is 0. The maximum atomic E-state index is 12.3. The molecule has 2 aromatic carbocycles. The van der Waals surface area contributed by atoms with Crippen molar-refractivity contribution in [1.82, 2.24) is 0 Å². The lowest BCUT2D eigenvalue weighted by Gasteiger charge is -2.24. The highest BCUT2D eigenvalue weighted by Gasteiger charge is 2.30. The van der Waals surface area contributed by atoms with Gasteiger partial charge in [0.05, 0.1) is 0 Å². The molecular formula is C20H20O3S2. The molecule has 0 saturated carbocycles. The summed E-state index contributed by atoms with van der Waals surface area (Å²) in [5.74, 6) is 0.431. The summed E-state index contributed by atoms with van der Waals surface area (Å²) in [5, 5.41) is 10.3. The molecule has 1 unspecified atom stereocenters. The number of carbonyl (C=O) groups is 1. The SMILES string of the molecule is CSc1ccc(C2CC(O)=C(SCCc3ccccc3)C(=O)O2)cc1. The fraction of sp³-hybridized carbons (Fsp3) is 0.250. The number of thioether (sulfide) groups is 2. The van der Waals surface area contributed by atoms with Crippen LogP contribution >= 0.6 is 23.5 Å². The Bertz CT molecular complexity index is 754. The van der Waals surface area contributed by atoms with Crippen LogP contribution in [0.25, 0.3) is 0 Å². The van der Waals surface area contributed by atoms with E-state index >= 15 is 0 Å². The highest BCUT2D eigenvalue weighted by atomic mass is 32.2. The maximum absolute atomic E-state index is 12.3. The van der Waals surface area contributed by atoms with Gasteiger partial charge in [-0.2, -0.15) is 0 Å².